The van der Waals surface area contributed by atoms with Crippen LogP contribution in [-0.4, -0.2) is 23.8 Å². The van der Waals surface area contributed by atoms with Crippen LogP contribution in [0.25, 0.3) is 10.9 Å². The number of anilines is 1. The van der Waals surface area contributed by atoms with Crippen LogP contribution < -0.4 is 10.0 Å². The van der Waals surface area contributed by atoms with Crippen LogP contribution in [0.3, 0.4) is 0 Å². The first-order chi connectivity index (χ1) is 13.1. The van der Waals surface area contributed by atoms with Crippen molar-refractivity contribution in [3.05, 3.63) is 65.3 Å². The lowest BCUT2D eigenvalue weighted by Gasteiger charge is -2.33. The molecule has 0 aliphatic heterocycles. The molecule has 7 heteroatoms. The molecule has 1 unspecified atom stereocenters. The molecule has 0 saturated heterocycles. The van der Waals surface area contributed by atoms with Gasteiger partial charge in [-0.1, -0.05) is 41.7 Å². The molecule has 0 saturated carbocycles. The first kappa shape index (κ1) is 19.2. The maximum atomic E-state index is 13.1. The number of hydrogen-bond acceptors (Lipinski definition) is 4. The zero-order valence-electron chi connectivity index (χ0n) is 15.0. The molecular weight excluding hydrogens is 380 g/mol. The lowest BCUT2D eigenvalue weighted by atomic mass is 9.85. The Bertz CT molecular complexity index is 1010. The van der Waals surface area contributed by atoms with E-state index < -0.39 is 5.54 Å². The molecule has 3 rings (SSSR count). The number of likely N-dealkylation sites (N-methyl/N-ethyl adjacent to an activating group) is 1. The van der Waals surface area contributed by atoms with Gasteiger partial charge in [-0.05, 0) is 35.9 Å². The van der Waals surface area contributed by atoms with Crippen molar-refractivity contribution in [1.29, 1.82) is 5.26 Å². The molecule has 0 bridgehead atoms. The smallest absolute Gasteiger partial charge is 0.251 e. The van der Waals surface area contributed by atoms with Crippen molar-refractivity contribution in [2.24, 2.45) is 0 Å². The lowest BCUT2D eigenvalue weighted by Crippen LogP contribution is -2.48. The second-order valence-corrected chi connectivity index (χ2v) is 7.06. The lowest BCUT2D eigenvalue weighted by molar-refractivity contribution is -0.127. The number of nitrogens with one attached hydrogen (secondary N) is 2. The quantitative estimate of drug-likeness (QED) is 0.604. The molecule has 27 heavy (non-hydrogen) atoms. The van der Waals surface area contributed by atoms with Gasteiger partial charge in [-0.3, -0.25) is 4.79 Å². The van der Waals surface area contributed by atoms with Gasteiger partial charge in [0.2, 0.25) is 0 Å². The van der Waals surface area contributed by atoms with Crippen LogP contribution in [0.1, 0.15) is 12.0 Å². The maximum absolute atomic E-state index is 13.1. The van der Waals surface area contributed by atoms with Crippen LogP contribution in [0, 0.1) is 11.3 Å². The largest absolute Gasteiger partial charge is 0.357 e. The van der Waals surface area contributed by atoms with Gasteiger partial charge in [0.1, 0.15) is 0 Å². The Balaban J connectivity index is 2.33. The molecule has 5 nitrogen and oxygen atoms in total. The van der Waals surface area contributed by atoms with E-state index in [0.29, 0.717) is 10.6 Å². The minimum atomic E-state index is -1.20. The molecular formula is C20H19ClN4OS. The molecule has 138 valence electrons. The van der Waals surface area contributed by atoms with Crippen molar-refractivity contribution < 1.29 is 4.79 Å². The average Bonchev–Trinajstić information content (AvgIpc) is 3.12. The van der Waals surface area contributed by atoms with E-state index >= 15 is 0 Å². The second kappa shape index (κ2) is 7.95. The van der Waals surface area contributed by atoms with Crippen molar-refractivity contribution in [1.82, 2.24) is 9.88 Å². The van der Waals surface area contributed by atoms with Gasteiger partial charge in [0.25, 0.3) is 5.91 Å². The summed E-state index contributed by atoms with van der Waals surface area (Å²) in [5.74, 6) is -0.257. The topological polar surface area (TPSA) is 69.8 Å². The van der Waals surface area contributed by atoms with Gasteiger partial charge in [0.15, 0.2) is 5.54 Å². The summed E-state index contributed by atoms with van der Waals surface area (Å²) in [4.78, 5) is 13.1. The number of carbonyl (C=O) groups is 1. The van der Waals surface area contributed by atoms with Crippen molar-refractivity contribution in [2.75, 3.05) is 18.0 Å². The Labute approximate surface area is 167 Å². The van der Waals surface area contributed by atoms with E-state index in [9.17, 15) is 10.1 Å². The van der Waals surface area contributed by atoms with Crippen LogP contribution in [0.5, 0.6) is 0 Å². The molecule has 3 aromatic rings. The fraction of sp³-hybridized carbons (Fsp3) is 0.200. The number of benzene rings is 2. The predicted molar refractivity (Wildman–Crippen MR) is 112 cm³/mol. The van der Waals surface area contributed by atoms with Crippen molar-refractivity contribution in [3.8, 4) is 6.07 Å². The molecule has 1 heterocycles. The SMILES string of the molecule is CNC(=O)C(CC#N)(c1ccc(Cl)cc1)n1ccc2c(NSC)cccc21. The molecule has 2 aromatic carbocycles. The number of hydrogen-bond donors (Lipinski definition) is 2. The number of aromatic nitrogens is 1. The summed E-state index contributed by atoms with van der Waals surface area (Å²) in [5.41, 5.74) is 1.32. The molecule has 1 amide bonds. The number of carbonyl (C=O) groups excluding carboxylic acids is 1. The van der Waals surface area contributed by atoms with E-state index in [-0.39, 0.29) is 12.3 Å². The summed E-state index contributed by atoms with van der Waals surface area (Å²) < 4.78 is 5.13. The molecule has 1 aromatic heterocycles. The maximum Gasteiger partial charge on any atom is 0.251 e. The van der Waals surface area contributed by atoms with E-state index in [1.165, 1.54) is 11.9 Å². The van der Waals surface area contributed by atoms with E-state index in [1.807, 2.05) is 41.3 Å². The number of amides is 1. The highest BCUT2D eigenvalue weighted by Crippen LogP contribution is 2.37. The molecule has 0 spiro atoms. The first-order valence-corrected chi connectivity index (χ1v) is 9.93. The van der Waals surface area contributed by atoms with Gasteiger partial charge in [0, 0.05) is 29.9 Å². The van der Waals surface area contributed by atoms with E-state index in [4.69, 9.17) is 11.6 Å². The molecule has 0 fully saturated rings. The summed E-state index contributed by atoms with van der Waals surface area (Å²) in [7, 11) is 1.58. The summed E-state index contributed by atoms with van der Waals surface area (Å²) in [6.45, 7) is 0. The summed E-state index contributed by atoms with van der Waals surface area (Å²) in [6.07, 6.45) is 3.80. The Morgan fingerprint density at radius 2 is 2.00 bits per heavy atom. The average molecular weight is 399 g/mol. The summed E-state index contributed by atoms with van der Waals surface area (Å²) >= 11 is 7.54. The third kappa shape index (κ3) is 3.25. The first-order valence-electron chi connectivity index (χ1n) is 8.33. The zero-order chi connectivity index (χ0) is 19.4. The number of nitriles is 1. The van der Waals surface area contributed by atoms with Gasteiger partial charge in [0.05, 0.1) is 23.7 Å². The standard InChI is InChI=1S/C20H19ClN4OS/c1-23-19(26)20(11-12-22,14-6-8-15(21)9-7-14)25-13-10-16-17(24-27-2)4-3-5-18(16)25/h3-10,13,24H,11H2,1-2H3,(H,23,26). The van der Waals surface area contributed by atoms with Crippen molar-refractivity contribution >= 4 is 46.0 Å². The van der Waals surface area contributed by atoms with Gasteiger partial charge < -0.3 is 14.6 Å². The molecule has 0 aliphatic carbocycles. The molecule has 0 radical (unpaired) electrons. The third-order valence-corrected chi connectivity index (χ3v) is 5.29. The van der Waals surface area contributed by atoms with Gasteiger partial charge in [-0.15, -0.1) is 0 Å². The van der Waals surface area contributed by atoms with Crippen LogP contribution in [-0.2, 0) is 10.3 Å². The summed E-state index contributed by atoms with van der Waals surface area (Å²) in [6, 6.07) is 17.1. The second-order valence-electron chi connectivity index (χ2n) is 6.01. The monoisotopic (exact) mass is 398 g/mol. The zero-order valence-corrected chi connectivity index (χ0v) is 16.6. The number of fused-ring (bicyclic) bond motifs is 1. The third-order valence-electron chi connectivity index (χ3n) is 4.62. The van der Waals surface area contributed by atoms with E-state index in [2.05, 4.69) is 16.1 Å². The van der Waals surface area contributed by atoms with Crippen LogP contribution >= 0.6 is 23.5 Å². The molecule has 1 atom stereocenters. The minimum Gasteiger partial charge on any atom is -0.357 e. The van der Waals surface area contributed by atoms with Crippen LogP contribution in [0.2, 0.25) is 5.02 Å². The van der Waals surface area contributed by atoms with Gasteiger partial charge >= 0.3 is 0 Å². The van der Waals surface area contributed by atoms with Crippen LogP contribution in [0.15, 0.2) is 54.7 Å². The predicted octanol–water partition coefficient (Wildman–Crippen LogP) is 4.39. The summed E-state index contributed by atoms with van der Waals surface area (Å²) in [5, 5.41) is 13.9. The van der Waals surface area contributed by atoms with Gasteiger partial charge in [-0.25, -0.2) is 0 Å². The highest BCUT2D eigenvalue weighted by atomic mass is 35.5. The minimum absolute atomic E-state index is 0.0156. The van der Waals surface area contributed by atoms with Crippen molar-refractivity contribution in [2.45, 2.75) is 12.0 Å². The highest BCUT2D eigenvalue weighted by molar-refractivity contribution is 7.99. The van der Waals surface area contributed by atoms with E-state index in [0.717, 1.165) is 16.6 Å². The Hall–Kier alpha value is -2.62. The van der Waals surface area contributed by atoms with Crippen LogP contribution in [0.4, 0.5) is 5.69 Å². The van der Waals surface area contributed by atoms with Crippen molar-refractivity contribution in [3.63, 3.8) is 0 Å². The highest BCUT2D eigenvalue weighted by Gasteiger charge is 2.42. The fourth-order valence-electron chi connectivity index (χ4n) is 3.39. The Morgan fingerprint density at radius 1 is 1.26 bits per heavy atom. The Morgan fingerprint density at radius 3 is 2.63 bits per heavy atom. The number of halogens is 1. The van der Waals surface area contributed by atoms with E-state index in [1.54, 1.807) is 31.3 Å². The molecule has 2 N–H and O–H groups in total. The number of nitrogens with zero attached hydrogens (tertiary/aromatic N) is 2. The fourth-order valence-corrected chi connectivity index (χ4v) is 3.92. The number of rotatable bonds is 6. The normalized spacial score (nSPS) is 13.0. The molecule has 0 aliphatic rings. The van der Waals surface area contributed by atoms with Gasteiger partial charge in [-0.2, -0.15) is 5.26 Å². The Kier molecular flexibility index (Phi) is 5.64.